The summed E-state index contributed by atoms with van der Waals surface area (Å²) in [6.07, 6.45) is 1.90. The standard InChI is InChI=1S/C25H25NO4/c1-15(2)16-9-11-17(12-10-16)22-21-23(27)19-7-3-4-8-20(19)30-24(21)25(28)26(22)14-18-6-5-13-29-18/h3-4,7-12,15,18,22H,5-6,13-14H2,1-2H3/t18-,22+/m0/s1. The molecule has 1 fully saturated rings. The number of carbonyl (C=O) groups excluding carboxylic acids is 1. The molecule has 2 aliphatic rings. The summed E-state index contributed by atoms with van der Waals surface area (Å²) in [4.78, 5) is 28.6. The molecule has 5 rings (SSSR count). The van der Waals surface area contributed by atoms with Crippen LogP contribution in [0.3, 0.4) is 0 Å². The molecule has 1 amide bonds. The average molecular weight is 403 g/mol. The highest BCUT2D eigenvalue weighted by Gasteiger charge is 2.43. The molecular weight excluding hydrogens is 378 g/mol. The maximum atomic E-state index is 13.4. The minimum Gasteiger partial charge on any atom is -0.450 e. The maximum Gasteiger partial charge on any atom is 0.291 e. The van der Waals surface area contributed by atoms with Crippen LogP contribution in [0.2, 0.25) is 0 Å². The number of ether oxygens (including phenoxy) is 1. The van der Waals surface area contributed by atoms with Crippen molar-refractivity contribution in [2.75, 3.05) is 13.2 Å². The Morgan fingerprint density at radius 1 is 1.07 bits per heavy atom. The van der Waals surface area contributed by atoms with Gasteiger partial charge in [0.2, 0.25) is 5.76 Å². The van der Waals surface area contributed by atoms with E-state index in [2.05, 4.69) is 26.0 Å². The first kappa shape index (κ1) is 19.1. The molecule has 0 N–H and O–H groups in total. The highest BCUT2D eigenvalue weighted by molar-refractivity contribution is 5.99. The van der Waals surface area contributed by atoms with Crippen LogP contribution < -0.4 is 5.43 Å². The maximum absolute atomic E-state index is 13.4. The Balaban J connectivity index is 1.67. The normalized spacial score (nSPS) is 21.0. The molecular formula is C25H25NO4. The number of benzene rings is 2. The van der Waals surface area contributed by atoms with Crippen molar-refractivity contribution in [1.29, 1.82) is 0 Å². The van der Waals surface area contributed by atoms with Gasteiger partial charge in [0.1, 0.15) is 5.58 Å². The fraction of sp³-hybridized carbons (Fsp3) is 0.360. The summed E-state index contributed by atoms with van der Waals surface area (Å²) in [7, 11) is 0. The van der Waals surface area contributed by atoms with Gasteiger partial charge in [-0.1, -0.05) is 50.2 Å². The van der Waals surface area contributed by atoms with Crippen molar-refractivity contribution in [3.8, 4) is 0 Å². The predicted octanol–water partition coefficient (Wildman–Crippen LogP) is 4.64. The first-order valence-electron chi connectivity index (χ1n) is 10.6. The molecule has 1 saturated heterocycles. The molecule has 154 valence electrons. The van der Waals surface area contributed by atoms with Crippen LogP contribution in [-0.2, 0) is 4.74 Å². The molecule has 30 heavy (non-hydrogen) atoms. The van der Waals surface area contributed by atoms with Gasteiger partial charge in [-0.05, 0) is 42.0 Å². The predicted molar refractivity (Wildman–Crippen MR) is 115 cm³/mol. The van der Waals surface area contributed by atoms with Crippen LogP contribution in [0.4, 0.5) is 0 Å². The highest BCUT2D eigenvalue weighted by Crippen LogP contribution is 2.39. The van der Waals surface area contributed by atoms with E-state index >= 15 is 0 Å². The molecule has 2 atom stereocenters. The lowest BCUT2D eigenvalue weighted by atomic mass is 9.95. The van der Waals surface area contributed by atoms with E-state index in [1.807, 2.05) is 24.3 Å². The molecule has 3 aromatic rings. The van der Waals surface area contributed by atoms with Gasteiger partial charge in [0.05, 0.1) is 23.1 Å². The zero-order valence-corrected chi connectivity index (χ0v) is 17.3. The molecule has 2 aromatic carbocycles. The van der Waals surface area contributed by atoms with Gasteiger partial charge in [-0.3, -0.25) is 9.59 Å². The molecule has 0 radical (unpaired) electrons. The van der Waals surface area contributed by atoms with Crippen molar-refractivity contribution in [2.45, 2.75) is 44.8 Å². The van der Waals surface area contributed by atoms with E-state index in [-0.39, 0.29) is 23.2 Å². The van der Waals surface area contributed by atoms with Crippen molar-refractivity contribution < 1.29 is 13.9 Å². The monoisotopic (exact) mass is 403 g/mol. The molecule has 3 heterocycles. The Labute approximate surface area is 175 Å². The first-order chi connectivity index (χ1) is 14.5. The van der Waals surface area contributed by atoms with Gasteiger partial charge in [-0.25, -0.2) is 0 Å². The van der Waals surface area contributed by atoms with Crippen molar-refractivity contribution in [3.05, 3.63) is 81.2 Å². The van der Waals surface area contributed by atoms with E-state index in [0.717, 1.165) is 18.4 Å². The molecule has 5 heteroatoms. The minimum absolute atomic E-state index is 0.00906. The summed E-state index contributed by atoms with van der Waals surface area (Å²) < 4.78 is 11.8. The van der Waals surface area contributed by atoms with E-state index < -0.39 is 6.04 Å². The number of carbonyl (C=O) groups is 1. The fourth-order valence-corrected chi connectivity index (χ4v) is 4.57. The number of amides is 1. The van der Waals surface area contributed by atoms with Gasteiger partial charge >= 0.3 is 0 Å². The minimum atomic E-state index is -0.459. The van der Waals surface area contributed by atoms with Crippen LogP contribution in [0, 0.1) is 0 Å². The third-order valence-corrected chi connectivity index (χ3v) is 6.22. The van der Waals surface area contributed by atoms with E-state index in [1.165, 1.54) is 5.56 Å². The quantitative estimate of drug-likeness (QED) is 0.637. The molecule has 0 aliphatic carbocycles. The smallest absolute Gasteiger partial charge is 0.291 e. The lowest BCUT2D eigenvalue weighted by Gasteiger charge is -2.27. The second-order valence-electron chi connectivity index (χ2n) is 8.49. The van der Waals surface area contributed by atoms with Gasteiger partial charge < -0.3 is 14.1 Å². The summed E-state index contributed by atoms with van der Waals surface area (Å²) in [6.45, 7) is 5.46. The highest BCUT2D eigenvalue weighted by atomic mass is 16.5. The molecule has 1 aromatic heterocycles. The van der Waals surface area contributed by atoms with Crippen molar-refractivity contribution in [3.63, 3.8) is 0 Å². The average Bonchev–Trinajstić information content (AvgIpc) is 3.36. The molecule has 0 bridgehead atoms. The van der Waals surface area contributed by atoms with Crippen LogP contribution in [0.25, 0.3) is 11.0 Å². The van der Waals surface area contributed by atoms with Gasteiger partial charge in [-0.15, -0.1) is 0 Å². The largest absolute Gasteiger partial charge is 0.450 e. The number of hydrogen-bond donors (Lipinski definition) is 0. The first-order valence-corrected chi connectivity index (χ1v) is 10.6. The SMILES string of the molecule is CC(C)c1ccc([C@@H]2c3c(oc4ccccc4c3=O)C(=O)N2C[C@@H]2CCCO2)cc1. The van der Waals surface area contributed by atoms with E-state index in [0.29, 0.717) is 35.6 Å². The number of para-hydroxylation sites is 1. The fourth-order valence-electron chi connectivity index (χ4n) is 4.57. The van der Waals surface area contributed by atoms with E-state index in [9.17, 15) is 9.59 Å². The summed E-state index contributed by atoms with van der Waals surface area (Å²) in [5.41, 5.74) is 2.90. The van der Waals surface area contributed by atoms with Crippen LogP contribution in [0.15, 0.2) is 57.7 Å². The van der Waals surface area contributed by atoms with Gasteiger partial charge in [-0.2, -0.15) is 0 Å². The number of hydrogen-bond acceptors (Lipinski definition) is 4. The molecule has 0 spiro atoms. The Morgan fingerprint density at radius 3 is 2.53 bits per heavy atom. The van der Waals surface area contributed by atoms with Crippen molar-refractivity contribution in [2.24, 2.45) is 0 Å². The molecule has 0 unspecified atom stereocenters. The zero-order chi connectivity index (χ0) is 20.8. The Bertz CT molecular complexity index is 1160. The van der Waals surface area contributed by atoms with Gasteiger partial charge in [0.25, 0.3) is 5.91 Å². The van der Waals surface area contributed by atoms with Gasteiger partial charge in [0.15, 0.2) is 5.43 Å². The molecule has 0 saturated carbocycles. The summed E-state index contributed by atoms with van der Waals surface area (Å²) in [5, 5.41) is 0.506. The topological polar surface area (TPSA) is 59.8 Å². The second kappa shape index (κ2) is 7.40. The van der Waals surface area contributed by atoms with Crippen LogP contribution in [0.5, 0.6) is 0 Å². The Morgan fingerprint density at radius 2 is 1.83 bits per heavy atom. The molecule has 5 nitrogen and oxygen atoms in total. The number of fused-ring (bicyclic) bond motifs is 2. The lowest BCUT2D eigenvalue weighted by molar-refractivity contribution is 0.0486. The molecule has 2 aliphatic heterocycles. The Kier molecular flexibility index (Phi) is 4.70. The van der Waals surface area contributed by atoms with Crippen molar-refractivity contribution >= 4 is 16.9 Å². The Hall–Kier alpha value is -2.92. The summed E-state index contributed by atoms with van der Waals surface area (Å²) >= 11 is 0. The second-order valence-corrected chi connectivity index (χ2v) is 8.49. The van der Waals surface area contributed by atoms with Crippen LogP contribution in [0.1, 0.15) is 65.9 Å². The number of rotatable bonds is 4. The van der Waals surface area contributed by atoms with Crippen LogP contribution >= 0.6 is 0 Å². The van der Waals surface area contributed by atoms with E-state index in [1.54, 1.807) is 17.0 Å². The summed E-state index contributed by atoms with van der Waals surface area (Å²) in [6, 6.07) is 14.9. The zero-order valence-electron chi connectivity index (χ0n) is 17.3. The number of nitrogens with zero attached hydrogens (tertiary/aromatic N) is 1. The van der Waals surface area contributed by atoms with Crippen molar-refractivity contribution in [1.82, 2.24) is 4.90 Å². The van der Waals surface area contributed by atoms with Crippen LogP contribution in [-0.4, -0.2) is 30.1 Å². The lowest BCUT2D eigenvalue weighted by Crippen LogP contribution is -2.36. The third-order valence-electron chi connectivity index (χ3n) is 6.22. The van der Waals surface area contributed by atoms with Gasteiger partial charge in [0, 0.05) is 13.2 Å². The van der Waals surface area contributed by atoms with E-state index in [4.69, 9.17) is 9.15 Å². The third kappa shape index (κ3) is 3.05. The summed E-state index contributed by atoms with van der Waals surface area (Å²) in [5.74, 6) is 0.337.